The summed E-state index contributed by atoms with van der Waals surface area (Å²) in [6, 6.07) is -0.835. The van der Waals surface area contributed by atoms with Crippen LogP contribution in [0.4, 0.5) is 0 Å². The number of aliphatic carboxylic acids is 1. The quantitative estimate of drug-likeness (QED) is 0.384. The molecule has 0 heterocycles. The lowest BCUT2D eigenvalue weighted by molar-refractivity contribution is -0.140. The van der Waals surface area contributed by atoms with Crippen molar-refractivity contribution in [2.24, 2.45) is 0 Å². The minimum absolute atomic E-state index is 0.386. The summed E-state index contributed by atoms with van der Waals surface area (Å²) in [5.41, 5.74) is 0. The predicted molar refractivity (Wildman–Crippen MR) is 66.5 cm³/mol. The van der Waals surface area contributed by atoms with Gasteiger partial charge < -0.3 is 10.4 Å². The smallest absolute Gasteiger partial charge is 0.327 e. The number of allylic oxidation sites excluding steroid dienone is 2. The third kappa shape index (κ3) is 7.11. The van der Waals surface area contributed by atoms with Crippen molar-refractivity contribution in [1.29, 1.82) is 0 Å². The number of thioether (sulfide) groups is 1. The van der Waals surface area contributed by atoms with Crippen LogP contribution in [0.2, 0.25) is 0 Å². The molecule has 1 atom stereocenters. The monoisotopic (exact) mass is 243 g/mol. The fraction of sp³-hybridized carbons (Fsp3) is 0.455. The van der Waals surface area contributed by atoms with Gasteiger partial charge in [-0.1, -0.05) is 25.7 Å². The van der Waals surface area contributed by atoms with Crippen LogP contribution in [-0.2, 0) is 9.59 Å². The summed E-state index contributed by atoms with van der Waals surface area (Å²) in [4.78, 5) is 22.1. The Morgan fingerprint density at radius 3 is 2.75 bits per heavy atom. The molecule has 1 amide bonds. The summed E-state index contributed by atoms with van der Waals surface area (Å²) in [6.07, 6.45) is 5.17. The molecule has 0 radical (unpaired) electrons. The molecule has 2 N–H and O–H groups in total. The van der Waals surface area contributed by atoms with Crippen LogP contribution in [0, 0.1) is 0 Å². The molecule has 0 aliphatic rings. The molecular weight excluding hydrogens is 226 g/mol. The molecular formula is C11H17NO3S. The second-order valence-electron chi connectivity index (χ2n) is 3.07. The molecule has 0 fully saturated rings. The Kier molecular flexibility index (Phi) is 8.34. The Morgan fingerprint density at radius 1 is 1.56 bits per heavy atom. The van der Waals surface area contributed by atoms with Crippen LogP contribution in [0.1, 0.15) is 13.3 Å². The van der Waals surface area contributed by atoms with E-state index in [0.717, 1.165) is 12.2 Å². The molecule has 0 aromatic carbocycles. The number of rotatable bonds is 8. The van der Waals surface area contributed by atoms with E-state index < -0.39 is 17.9 Å². The maximum atomic E-state index is 11.2. The van der Waals surface area contributed by atoms with E-state index in [2.05, 4.69) is 11.9 Å². The molecule has 1 unspecified atom stereocenters. The lowest BCUT2D eigenvalue weighted by atomic mass is 10.3. The molecule has 0 saturated carbocycles. The van der Waals surface area contributed by atoms with E-state index in [1.165, 1.54) is 30.0 Å². The van der Waals surface area contributed by atoms with Gasteiger partial charge in [0.15, 0.2) is 0 Å². The van der Waals surface area contributed by atoms with Crippen molar-refractivity contribution in [2.45, 2.75) is 19.4 Å². The molecule has 0 saturated heterocycles. The number of amides is 1. The molecule has 4 nitrogen and oxygen atoms in total. The molecule has 16 heavy (non-hydrogen) atoms. The standard InChI is InChI=1S/C11H17NO3S/c1-3-5-6-10(13)12-9(11(14)15)8-16-7-4-2/h3,5-6,9H,1,4,7-8H2,2H3,(H,12,13)(H,14,15)/b6-5+. The fourth-order valence-electron chi connectivity index (χ4n) is 0.895. The van der Waals surface area contributed by atoms with E-state index in [4.69, 9.17) is 5.11 Å². The summed E-state index contributed by atoms with van der Waals surface area (Å²) >= 11 is 1.52. The van der Waals surface area contributed by atoms with Crippen molar-refractivity contribution < 1.29 is 14.7 Å². The number of carboxylic acids is 1. The van der Waals surface area contributed by atoms with E-state index in [0.29, 0.717) is 5.75 Å². The molecule has 0 rings (SSSR count). The zero-order valence-corrected chi connectivity index (χ0v) is 10.1. The number of carbonyl (C=O) groups excluding carboxylic acids is 1. The largest absolute Gasteiger partial charge is 0.480 e. The van der Waals surface area contributed by atoms with Gasteiger partial charge in [0.25, 0.3) is 0 Å². The highest BCUT2D eigenvalue weighted by Gasteiger charge is 2.18. The number of hydrogen-bond acceptors (Lipinski definition) is 3. The molecule has 0 spiro atoms. The first-order valence-electron chi connectivity index (χ1n) is 5.02. The van der Waals surface area contributed by atoms with Crippen LogP contribution in [0.5, 0.6) is 0 Å². The van der Waals surface area contributed by atoms with Crippen LogP contribution in [0.25, 0.3) is 0 Å². The van der Waals surface area contributed by atoms with Crippen LogP contribution < -0.4 is 5.32 Å². The van der Waals surface area contributed by atoms with Gasteiger partial charge in [-0.15, -0.1) is 0 Å². The average molecular weight is 243 g/mol. The molecule has 0 aromatic heterocycles. The van der Waals surface area contributed by atoms with E-state index >= 15 is 0 Å². The Morgan fingerprint density at radius 2 is 2.25 bits per heavy atom. The summed E-state index contributed by atoms with van der Waals surface area (Å²) in [7, 11) is 0. The van der Waals surface area contributed by atoms with Gasteiger partial charge in [-0.25, -0.2) is 4.79 Å². The minimum atomic E-state index is -1.01. The zero-order valence-electron chi connectivity index (χ0n) is 9.31. The summed E-state index contributed by atoms with van der Waals surface area (Å²) in [6.45, 7) is 5.44. The Hall–Kier alpha value is -1.23. The highest BCUT2D eigenvalue weighted by molar-refractivity contribution is 7.99. The van der Waals surface area contributed by atoms with E-state index in [9.17, 15) is 9.59 Å². The van der Waals surface area contributed by atoms with E-state index in [-0.39, 0.29) is 0 Å². The van der Waals surface area contributed by atoms with Crippen molar-refractivity contribution in [3.05, 3.63) is 24.8 Å². The van der Waals surface area contributed by atoms with Gasteiger partial charge >= 0.3 is 5.97 Å². The molecule has 0 aliphatic heterocycles. The van der Waals surface area contributed by atoms with Crippen molar-refractivity contribution in [2.75, 3.05) is 11.5 Å². The van der Waals surface area contributed by atoms with Crippen LogP contribution >= 0.6 is 11.8 Å². The number of carboxylic acid groups (broad SMARTS) is 1. The second-order valence-corrected chi connectivity index (χ2v) is 4.22. The Labute approximate surface area is 99.8 Å². The molecule has 0 aromatic rings. The number of hydrogen-bond donors (Lipinski definition) is 2. The molecule has 90 valence electrons. The van der Waals surface area contributed by atoms with Gasteiger partial charge in [0, 0.05) is 11.8 Å². The first kappa shape index (κ1) is 14.8. The van der Waals surface area contributed by atoms with Gasteiger partial charge in [-0.3, -0.25) is 4.79 Å². The highest BCUT2D eigenvalue weighted by Crippen LogP contribution is 2.05. The zero-order chi connectivity index (χ0) is 12.4. The average Bonchev–Trinajstić information content (AvgIpc) is 2.25. The van der Waals surface area contributed by atoms with Gasteiger partial charge in [0.1, 0.15) is 6.04 Å². The second kappa shape index (κ2) is 9.03. The van der Waals surface area contributed by atoms with Crippen molar-refractivity contribution in [3.63, 3.8) is 0 Å². The highest BCUT2D eigenvalue weighted by atomic mass is 32.2. The van der Waals surface area contributed by atoms with Crippen LogP contribution in [-0.4, -0.2) is 34.5 Å². The van der Waals surface area contributed by atoms with Crippen molar-refractivity contribution in [3.8, 4) is 0 Å². The lowest BCUT2D eigenvalue weighted by Crippen LogP contribution is -2.41. The Bertz CT molecular complexity index is 276. The Balaban J connectivity index is 4.12. The topological polar surface area (TPSA) is 66.4 Å². The lowest BCUT2D eigenvalue weighted by Gasteiger charge is -2.12. The maximum Gasteiger partial charge on any atom is 0.327 e. The van der Waals surface area contributed by atoms with E-state index in [1.807, 2.05) is 6.92 Å². The van der Waals surface area contributed by atoms with Crippen LogP contribution in [0.3, 0.4) is 0 Å². The summed E-state index contributed by atoms with van der Waals surface area (Å²) < 4.78 is 0. The van der Waals surface area contributed by atoms with Gasteiger partial charge in [-0.05, 0) is 12.2 Å². The third-order valence-electron chi connectivity index (χ3n) is 1.63. The first-order valence-corrected chi connectivity index (χ1v) is 6.17. The normalized spacial score (nSPS) is 12.3. The van der Waals surface area contributed by atoms with Gasteiger partial charge in [-0.2, -0.15) is 11.8 Å². The third-order valence-corrected chi connectivity index (χ3v) is 2.90. The predicted octanol–water partition coefficient (Wildman–Crippen LogP) is 1.44. The molecule has 5 heteroatoms. The number of carbonyl (C=O) groups is 2. The van der Waals surface area contributed by atoms with E-state index in [1.54, 1.807) is 0 Å². The fourth-order valence-corrected chi connectivity index (χ4v) is 1.81. The summed E-state index contributed by atoms with van der Waals surface area (Å²) in [5, 5.41) is 11.3. The molecule has 0 bridgehead atoms. The van der Waals surface area contributed by atoms with Crippen LogP contribution in [0.15, 0.2) is 24.8 Å². The van der Waals surface area contributed by atoms with Crippen molar-refractivity contribution in [1.82, 2.24) is 5.32 Å². The minimum Gasteiger partial charge on any atom is -0.480 e. The summed E-state index contributed by atoms with van der Waals surface area (Å²) in [5.74, 6) is -0.146. The maximum absolute atomic E-state index is 11.2. The number of nitrogens with one attached hydrogen (secondary N) is 1. The first-order chi connectivity index (χ1) is 7.61. The van der Waals surface area contributed by atoms with Gasteiger partial charge in [0.2, 0.25) is 5.91 Å². The SMILES string of the molecule is C=C/C=C/C(=O)NC(CSCCC)C(=O)O. The van der Waals surface area contributed by atoms with Gasteiger partial charge in [0.05, 0.1) is 0 Å². The molecule has 0 aliphatic carbocycles. The van der Waals surface area contributed by atoms with Crippen molar-refractivity contribution >= 4 is 23.6 Å².